The van der Waals surface area contributed by atoms with Gasteiger partial charge in [-0.05, 0) is 24.6 Å². The lowest BCUT2D eigenvalue weighted by Gasteiger charge is -2.09. The maximum Gasteiger partial charge on any atom is 0.226 e. The number of aromatic nitrogens is 3. The largest absolute Gasteiger partial charge is 0.383 e. The summed E-state index contributed by atoms with van der Waals surface area (Å²) in [7, 11) is 0. The van der Waals surface area contributed by atoms with Crippen LogP contribution in [0.15, 0.2) is 28.9 Å². The van der Waals surface area contributed by atoms with Crippen molar-refractivity contribution in [1.29, 1.82) is 0 Å². The predicted molar refractivity (Wildman–Crippen MR) is 91.9 cm³/mol. The van der Waals surface area contributed by atoms with Gasteiger partial charge in [0.1, 0.15) is 5.52 Å². The van der Waals surface area contributed by atoms with Crippen LogP contribution in [0.5, 0.6) is 0 Å². The van der Waals surface area contributed by atoms with Gasteiger partial charge in [0, 0.05) is 30.5 Å². The Morgan fingerprint density at radius 3 is 2.88 bits per heavy atom. The standard InChI is InChI=1S/C17H18ClFN4O/c1-10(2)17-22-14(24-23-17)4-3-8-20-13-6-5-11-12(18)7-9-21-16(11)15(13)19/h5-7,9-10,20H,3-4,8H2,1-2H3. The number of nitrogens with zero attached hydrogens (tertiary/aromatic N) is 3. The molecule has 3 aromatic rings. The van der Waals surface area contributed by atoms with Crippen LogP contribution in [0.2, 0.25) is 5.02 Å². The number of fused-ring (bicyclic) bond motifs is 1. The maximum absolute atomic E-state index is 14.5. The van der Waals surface area contributed by atoms with Crippen LogP contribution in [0, 0.1) is 5.82 Å². The zero-order valence-corrected chi connectivity index (χ0v) is 14.3. The second-order valence-electron chi connectivity index (χ2n) is 5.85. The van der Waals surface area contributed by atoms with Crippen LogP contribution in [0.25, 0.3) is 10.9 Å². The van der Waals surface area contributed by atoms with Crippen molar-refractivity contribution in [3.8, 4) is 0 Å². The van der Waals surface area contributed by atoms with E-state index in [1.54, 1.807) is 18.2 Å². The zero-order valence-electron chi connectivity index (χ0n) is 13.5. The highest BCUT2D eigenvalue weighted by molar-refractivity contribution is 6.35. The van der Waals surface area contributed by atoms with E-state index in [1.165, 1.54) is 6.20 Å². The minimum Gasteiger partial charge on any atom is -0.383 e. The molecule has 0 amide bonds. The molecule has 0 aliphatic heterocycles. The van der Waals surface area contributed by atoms with Gasteiger partial charge in [0.25, 0.3) is 0 Å². The van der Waals surface area contributed by atoms with E-state index in [9.17, 15) is 4.39 Å². The lowest BCUT2D eigenvalue weighted by molar-refractivity contribution is 0.369. The molecule has 0 saturated carbocycles. The fourth-order valence-corrected chi connectivity index (χ4v) is 2.56. The molecule has 0 spiro atoms. The molecule has 0 aliphatic rings. The smallest absolute Gasteiger partial charge is 0.226 e. The number of halogens is 2. The molecule has 1 N–H and O–H groups in total. The van der Waals surface area contributed by atoms with Crippen LogP contribution >= 0.6 is 11.6 Å². The van der Waals surface area contributed by atoms with Gasteiger partial charge in [0.05, 0.1) is 10.7 Å². The second kappa shape index (κ2) is 7.13. The molecule has 126 valence electrons. The highest BCUT2D eigenvalue weighted by Gasteiger charge is 2.11. The minimum atomic E-state index is -0.394. The molecule has 0 atom stereocenters. The number of anilines is 1. The summed E-state index contributed by atoms with van der Waals surface area (Å²) in [6, 6.07) is 5.09. The van der Waals surface area contributed by atoms with Crippen molar-refractivity contribution in [3.05, 3.63) is 47.0 Å². The number of nitrogens with one attached hydrogen (secondary N) is 1. The molecule has 1 aromatic carbocycles. The van der Waals surface area contributed by atoms with Crippen molar-refractivity contribution in [2.24, 2.45) is 0 Å². The molecule has 0 saturated heterocycles. The Bertz CT molecular complexity index is 850. The van der Waals surface area contributed by atoms with Gasteiger partial charge in [-0.1, -0.05) is 30.6 Å². The van der Waals surface area contributed by atoms with Crippen LogP contribution in [0.3, 0.4) is 0 Å². The molecule has 0 aliphatic carbocycles. The van der Waals surface area contributed by atoms with Crippen molar-refractivity contribution in [1.82, 2.24) is 15.1 Å². The van der Waals surface area contributed by atoms with E-state index in [4.69, 9.17) is 16.1 Å². The van der Waals surface area contributed by atoms with Gasteiger partial charge >= 0.3 is 0 Å². The molecule has 3 rings (SSSR count). The molecule has 0 unspecified atom stereocenters. The lowest BCUT2D eigenvalue weighted by atomic mass is 10.2. The third kappa shape index (κ3) is 3.48. The average Bonchev–Trinajstić information content (AvgIpc) is 3.03. The Morgan fingerprint density at radius 2 is 2.12 bits per heavy atom. The minimum absolute atomic E-state index is 0.242. The summed E-state index contributed by atoms with van der Waals surface area (Å²) in [6.07, 6.45) is 2.89. The Kier molecular flexibility index (Phi) is 4.94. The van der Waals surface area contributed by atoms with E-state index in [1.807, 2.05) is 13.8 Å². The normalized spacial score (nSPS) is 11.4. The number of rotatable bonds is 6. The van der Waals surface area contributed by atoms with Crippen LogP contribution in [-0.2, 0) is 6.42 Å². The molecule has 7 heteroatoms. The Labute approximate surface area is 144 Å². The predicted octanol–water partition coefficient (Wildman–Crippen LogP) is 4.58. The summed E-state index contributed by atoms with van der Waals surface area (Å²) in [5, 5.41) is 8.09. The molecule has 0 bridgehead atoms. The first-order valence-corrected chi connectivity index (χ1v) is 8.23. The fraction of sp³-hybridized carbons (Fsp3) is 0.353. The van der Waals surface area contributed by atoms with Gasteiger partial charge in [-0.2, -0.15) is 4.98 Å². The van der Waals surface area contributed by atoms with Crippen molar-refractivity contribution >= 4 is 28.2 Å². The first kappa shape index (κ1) is 16.6. The van der Waals surface area contributed by atoms with Gasteiger partial charge in [0.15, 0.2) is 11.6 Å². The first-order chi connectivity index (χ1) is 11.6. The summed E-state index contributed by atoms with van der Waals surface area (Å²) in [6.45, 7) is 4.61. The quantitative estimate of drug-likeness (QED) is 0.660. The number of benzene rings is 1. The van der Waals surface area contributed by atoms with E-state index in [-0.39, 0.29) is 11.4 Å². The first-order valence-electron chi connectivity index (χ1n) is 7.85. The topological polar surface area (TPSA) is 63.8 Å². The average molecular weight is 349 g/mol. The molecular formula is C17H18ClFN4O. The fourth-order valence-electron chi connectivity index (χ4n) is 2.35. The Morgan fingerprint density at radius 1 is 1.29 bits per heavy atom. The van der Waals surface area contributed by atoms with Gasteiger partial charge < -0.3 is 9.84 Å². The van der Waals surface area contributed by atoms with Gasteiger partial charge in [0.2, 0.25) is 5.89 Å². The maximum atomic E-state index is 14.5. The number of pyridine rings is 1. The Hall–Kier alpha value is -2.21. The summed E-state index contributed by atoms with van der Waals surface area (Å²) in [5.74, 6) is 1.16. The van der Waals surface area contributed by atoms with Crippen LogP contribution in [0.1, 0.15) is 37.9 Å². The lowest BCUT2D eigenvalue weighted by Crippen LogP contribution is -2.05. The third-order valence-electron chi connectivity index (χ3n) is 3.68. The van der Waals surface area contributed by atoms with E-state index in [0.717, 1.165) is 6.42 Å². The number of aryl methyl sites for hydroxylation is 1. The Balaban J connectivity index is 1.60. The molecule has 0 radical (unpaired) electrons. The zero-order chi connectivity index (χ0) is 17.1. The summed E-state index contributed by atoms with van der Waals surface area (Å²) in [5.41, 5.74) is 0.677. The van der Waals surface area contributed by atoms with Crippen molar-refractivity contribution in [2.75, 3.05) is 11.9 Å². The summed E-state index contributed by atoms with van der Waals surface area (Å²) < 4.78 is 19.7. The van der Waals surface area contributed by atoms with Crippen molar-refractivity contribution in [2.45, 2.75) is 32.6 Å². The van der Waals surface area contributed by atoms with Gasteiger partial charge in [-0.15, -0.1) is 0 Å². The van der Waals surface area contributed by atoms with E-state index < -0.39 is 5.82 Å². The van der Waals surface area contributed by atoms with Gasteiger partial charge in [-0.25, -0.2) is 4.39 Å². The summed E-state index contributed by atoms with van der Waals surface area (Å²) in [4.78, 5) is 8.38. The molecule has 5 nitrogen and oxygen atoms in total. The molecule has 2 aromatic heterocycles. The molecule has 0 fully saturated rings. The number of hydrogen-bond acceptors (Lipinski definition) is 5. The van der Waals surface area contributed by atoms with Crippen molar-refractivity contribution in [3.63, 3.8) is 0 Å². The summed E-state index contributed by atoms with van der Waals surface area (Å²) >= 11 is 6.05. The second-order valence-corrected chi connectivity index (χ2v) is 6.25. The highest BCUT2D eigenvalue weighted by Crippen LogP contribution is 2.27. The number of hydrogen-bond donors (Lipinski definition) is 1. The highest BCUT2D eigenvalue weighted by atomic mass is 35.5. The molecule has 2 heterocycles. The SMILES string of the molecule is CC(C)c1noc(CCCNc2ccc3c(Cl)ccnc3c2F)n1. The van der Waals surface area contributed by atoms with Crippen LogP contribution in [-0.4, -0.2) is 21.7 Å². The van der Waals surface area contributed by atoms with Crippen LogP contribution in [0.4, 0.5) is 10.1 Å². The third-order valence-corrected chi connectivity index (χ3v) is 4.01. The molecular weight excluding hydrogens is 331 g/mol. The van der Waals surface area contributed by atoms with Gasteiger partial charge in [-0.3, -0.25) is 4.98 Å². The van der Waals surface area contributed by atoms with Crippen LogP contribution < -0.4 is 5.32 Å². The van der Waals surface area contributed by atoms with Crippen molar-refractivity contribution < 1.29 is 8.91 Å². The van der Waals surface area contributed by atoms with E-state index in [2.05, 4.69) is 20.4 Å². The molecule has 24 heavy (non-hydrogen) atoms. The monoisotopic (exact) mass is 348 g/mol. The van der Waals surface area contributed by atoms with E-state index in [0.29, 0.717) is 40.8 Å². The van der Waals surface area contributed by atoms with E-state index >= 15 is 0 Å².